The summed E-state index contributed by atoms with van der Waals surface area (Å²) in [6.45, 7) is 4.02. The van der Waals surface area contributed by atoms with E-state index in [-0.39, 0.29) is 0 Å². The summed E-state index contributed by atoms with van der Waals surface area (Å²) in [5, 5.41) is 1.83. The van der Waals surface area contributed by atoms with Gasteiger partial charge in [-0.1, -0.05) is 60.1 Å². The van der Waals surface area contributed by atoms with Gasteiger partial charge in [-0.2, -0.15) is 0 Å². The van der Waals surface area contributed by atoms with Gasteiger partial charge in [-0.05, 0) is 25.0 Å². The molecule has 1 heterocycles. The zero-order valence-electron chi connectivity index (χ0n) is 10.9. The molecule has 2 heteroatoms. The number of hydrogen-bond acceptors (Lipinski definition) is 1. The molecule has 94 valence electrons. The first-order valence-electron chi connectivity index (χ1n) is 6.29. The van der Waals surface area contributed by atoms with Crippen LogP contribution >= 0.6 is 11.6 Å². The van der Waals surface area contributed by atoms with Crippen LogP contribution in [0.3, 0.4) is 0 Å². The molecule has 0 N–H and O–H groups in total. The maximum absolute atomic E-state index is 6.45. The van der Waals surface area contributed by atoms with Crippen molar-refractivity contribution in [2.75, 3.05) is 0 Å². The number of nitrogens with zero attached hydrogens (tertiary/aromatic N) is 1. The Balaban J connectivity index is 2.39. The highest BCUT2D eigenvalue weighted by molar-refractivity contribution is 6.36. The van der Waals surface area contributed by atoms with Gasteiger partial charge in [0.1, 0.15) is 0 Å². The van der Waals surface area contributed by atoms with Gasteiger partial charge in [0.05, 0.1) is 10.5 Å². The van der Waals surface area contributed by atoms with Gasteiger partial charge in [-0.3, -0.25) is 4.98 Å². The lowest BCUT2D eigenvalue weighted by Gasteiger charge is -2.11. The smallest absolute Gasteiger partial charge is 0.0798 e. The molecule has 2 aromatic carbocycles. The summed E-state index contributed by atoms with van der Waals surface area (Å²) in [5.74, 6) is 0. The fourth-order valence-electron chi connectivity index (χ4n) is 2.30. The highest BCUT2D eigenvalue weighted by Crippen LogP contribution is 2.33. The largest absolute Gasteiger partial charge is 0.252 e. The Bertz CT molecular complexity index is 748. The first kappa shape index (κ1) is 12.2. The molecule has 0 atom stereocenters. The molecule has 3 rings (SSSR count). The van der Waals surface area contributed by atoms with E-state index >= 15 is 0 Å². The molecule has 3 aromatic rings. The van der Waals surface area contributed by atoms with E-state index in [9.17, 15) is 0 Å². The molecule has 1 aromatic heterocycles. The van der Waals surface area contributed by atoms with Gasteiger partial charge in [-0.15, -0.1) is 0 Å². The molecule has 0 aliphatic heterocycles. The Kier molecular flexibility index (Phi) is 3.00. The molecule has 0 amide bonds. The van der Waals surface area contributed by atoms with Crippen molar-refractivity contribution in [3.63, 3.8) is 0 Å². The van der Waals surface area contributed by atoms with Crippen molar-refractivity contribution in [2.24, 2.45) is 0 Å². The van der Waals surface area contributed by atoms with E-state index < -0.39 is 0 Å². The number of pyridine rings is 1. The molecule has 0 saturated heterocycles. The third-order valence-corrected chi connectivity index (χ3v) is 4.00. The number of halogens is 1. The summed E-state index contributed by atoms with van der Waals surface area (Å²) in [5.41, 5.74) is 5.31. The van der Waals surface area contributed by atoms with E-state index in [4.69, 9.17) is 16.6 Å². The summed E-state index contributed by atoms with van der Waals surface area (Å²) >= 11 is 6.45. The molecule has 1 nitrogen and oxygen atoms in total. The SMILES string of the molecule is Cc1nc2c(-c3ccccc3)cccc2c(Cl)c1C. The van der Waals surface area contributed by atoms with Crippen LogP contribution in [-0.2, 0) is 0 Å². The monoisotopic (exact) mass is 267 g/mol. The topological polar surface area (TPSA) is 12.9 Å². The molecule has 0 aliphatic carbocycles. The van der Waals surface area contributed by atoms with E-state index in [0.29, 0.717) is 0 Å². The fraction of sp³-hybridized carbons (Fsp3) is 0.118. The first-order valence-corrected chi connectivity index (χ1v) is 6.67. The van der Waals surface area contributed by atoms with E-state index in [1.165, 1.54) is 5.56 Å². The number of aryl methyl sites for hydroxylation is 1. The van der Waals surface area contributed by atoms with Crippen LogP contribution in [0.5, 0.6) is 0 Å². The van der Waals surface area contributed by atoms with E-state index in [2.05, 4.69) is 18.2 Å². The molecule has 0 radical (unpaired) electrons. The van der Waals surface area contributed by atoms with E-state index in [0.717, 1.165) is 32.7 Å². The molecule has 0 spiro atoms. The quantitative estimate of drug-likeness (QED) is 0.593. The fourth-order valence-corrected chi connectivity index (χ4v) is 2.59. The number of hydrogen-bond donors (Lipinski definition) is 0. The van der Waals surface area contributed by atoms with Crippen molar-refractivity contribution in [2.45, 2.75) is 13.8 Å². The van der Waals surface area contributed by atoms with Crippen molar-refractivity contribution in [1.29, 1.82) is 0 Å². The molecule has 0 aliphatic rings. The molecule has 0 bridgehead atoms. The molecule has 0 fully saturated rings. The minimum atomic E-state index is 0.806. The second-order valence-electron chi connectivity index (χ2n) is 4.70. The van der Waals surface area contributed by atoms with Crippen molar-refractivity contribution in [1.82, 2.24) is 4.98 Å². The number of para-hydroxylation sites is 1. The second kappa shape index (κ2) is 4.67. The van der Waals surface area contributed by atoms with E-state index in [1.54, 1.807) is 0 Å². The molecular formula is C17H14ClN. The number of benzene rings is 2. The van der Waals surface area contributed by atoms with Crippen LogP contribution in [0, 0.1) is 13.8 Å². The lowest BCUT2D eigenvalue weighted by atomic mass is 10.0. The Morgan fingerprint density at radius 3 is 2.37 bits per heavy atom. The molecule has 0 unspecified atom stereocenters. The summed E-state index contributed by atoms with van der Waals surface area (Å²) in [7, 11) is 0. The van der Waals surface area contributed by atoms with Crippen LogP contribution in [0.2, 0.25) is 5.02 Å². The van der Waals surface area contributed by atoms with Crippen molar-refractivity contribution in [3.8, 4) is 11.1 Å². The highest BCUT2D eigenvalue weighted by Gasteiger charge is 2.11. The predicted octanol–water partition coefficient (Wildman–Crippen LogP) is 5.17. The zero-order valence-corrected chi connectivity index (χ0v) is 11.7. The molecular weight excluding hydrogens is 254 g/mol. The summed E-state index contributed by atoms with van der Waals surface area (Å²) < 4.78 is 0. The molecule has 0 saturated carbocycles. The van der Waals surface area contributed by atoms with Gasteiger partial charge in [0, 0.05) is 16.6 Å². The number of fused-ring (bicyclic) bond motifs is 1. The predicted molar refractivity (Wildman–Crippen MR) is 81.7 cm³/mol. The van der Waals surface area contributed by atoms with Crippen LogP contribution in [0.15, 0.2) is 48.5 Å². The average molecular weight is 268 g/mol. The van der Waals surface area contributed by atoms with Crippen LogP contribution in [-0.4, -0.2) is 4.98 Å². The standard InChI is InChI=1S/C17H14ClN/c1-11-12(2)19-17-14(13-7-4-3-5-8-13)9-6-10-15(17)16(11)18/h3-10H,1-2H3. The maximum Gasteiger partial charge on any atom is 0.0798 e. The van der Waals surface area contributed by atoms with Crippen molar-refractivity contribution < 1.29 is 0 Å². The highest BCUT2D eigenvalue weighted by atomic mass is 35.5. The van der Waals surface area contributed by atoms with Crippen molar-refractivity contribution in [3.05, 3.63) is 64.8 Å². The third-order valence-electron chi connectivity index (χ3n) is 3.51. The normalized spacial score (nSPS) is 10.9. The summed E-state index contributed by atoms with van der Waals surface area (Å²) in [6.07, 6.45) is 0. The first-order chi connectivity index (χ1) is 9.18. The second-order valence-corrected chi connectivity index (χ2v) is 5.08. The lowest BCUT2D eigenvalue weighted by molar-refractivity contribution is 1.20. The Morgan fingerprint density at radius 2 is 1.63 bits per heavy atom. The number of aromatic nitrogens is 1. The van der Waals surface area contributed by atoms with Crippen LogP contribution in [0.25, 0.3) is 22.0 Å². The van der Waals surface area contributed by atoms with Gasteiger partial charge < -0.3 is 0 Å². The van der Waals surface area contributed by atoms with Crippen molar-refractivity contribution >= 4 is 22.5 Å². The Labute approximate surface area is 117 Å². The summed E-state index contributed by atoms with van der Waals surface area (Å²) in [4.78, 5) is 4.73. The lowest BCUT2D eigenvalue weighted by Crippen LogP contribution is -1.93. The van der Waals surface area contributed by atoms with Crippen LogP contribution in [0.4, 0.5) is 0 Å². The van der Waals surface area contributed by atoms with Gasteiger partial charge in [0.25, 0.3) is 0 Å². The van der Waals surface area contributed by atoms with Crippen LogP contribution in [0.1, 0.15) is 11.3 Å². The maximum atomic E-state index is 6.45. The number of rotatable bonds is 1. The molecule has 19 heavy (non-hydrogen) atoms. The minimum Gasteiger partial charge on any atom is -0.252 e. The Morgan fingerprint density at radius 1 is 0.895 bits per heavy atom. The van der Waals surface area contributed by atoms with Gasteiger partial charge in [0.15, 0.2) is 0 Å². The van der Waals surface area contributed by atoms with Gasteiger partial charge in [-0.25, -0.2) is 0 Å². The van der Waals surface area contributed by atoms with E-state index in [1.807, 2.05) is 44.2 Å². The minimum absolute atomic E-state index is 0.806. The summed E-state index contributed by atoms with van der Waals surface area (Å²) in [6, 6.07) is 16.4. The van der Waals surface area contributed by atoms with Gasteiger partial charge >= 0.3 is 0 Å². The third kappa shape index (κ3) is 2.00. The van der Waals surface area contributed by atoms with Gasteiger partial charge in [0.2, 0.25) is 0 Å². The average Bonchev–Trinajstić information content (AvgIpc) is 2.45. The zero-order chi connectivity index (χ0) is 13.4. The van der Waals surface area contributed by atoms with Crippen LogP contribution < -0.4 is 0 Å². The Hall–Kier alpha value is -1.86.